The number of hydrogen-bond acceptors (Lipinski definition) is 4. The van der Waals surface area contributed by atoms with Crippen molar-refractivity contribution in [2.75, 3.05) is 13.1 Å². The average molecular weight is 482 g/mol. The molecule has 4 rings (SSSR count). The molecule has 2 N–H and O–H groups in total. The van der Waals surface area contributed by atoms with Crippen molar-refractivity contribution in [1.82, 2.24) is 14.9 Å². The van der Waals surface area contributed by atoms with E-state index in [1.807, 2.05) is 19.1 Å². The molecule has 0 saturated carbocycles. The average Bonchev–Trinajstić information content (AvgIpc) is 2.84. The first-order valence-corrected chi connectivity index (χ1v) is 13.1. The molecule has 0 aromatic heterocycles. The summed E-state index contributed by atoms with van der Waals surface area (Å²) in [5.41, 5.74) is 2.39. The summed E-state index contributed by atoms with van der Waals surface area (Å²) in [6.45, 7) is 5.99. The number of nitrogens with one attached hydrogen (secondary N) is 2. The van der Waals surface area contributed by atoms with Crippen molar-refractivity contribution in [2.24, 2.45) is 0 Å². The number of aryl methyl sites for hydroxylation is 1. The third-order valence-electron chi connectivity index (χ3n) is 6.87. The van der Waals surface area contributed by atoms with Crippen molar-refractivity contribution in [3.63, 3.8) is 0 Å². The second kappa shape index (κ2) is 9.72. The molecule has 0 radical (unpaired) electrons. The number of sulfonamides is 1. The molecule has 1 aliphatic heterocycles. The van der Waals surface area contributed by atoms with Crippen molar-refractivity contribution < 1.29 is 18.0 Å². The number of piperidine rings is 1. The topological polar surface area (TPSA) is 95.6 Å². The number of nitrogens with zero attached hydrogens (tertiary/aromatic N) is 1. The van der Waals surface area contributed by atoms with Crippen molar-refractivity contribution in [3.8, 4) is 0 Å². The highest BCUT2D eigenvalue weighted by molar-refractivity contribution is 7.89. The zero-order chi connectivity index (χ0) is 24.3. The largest absolute Gasteiger partial charge is 0.347 e. The Morgan fingerprint density at radius 2 is 1.76 bits per heavy atom. The quantitative estimate of drug-likeness (QED) is 0.619. The molecule has 2 amide bonds. The van der Waals surface area contributed by atoms with Gasteiger partial charge in [-0.15, -0.1) is 0 Å². The van der Waals surface area contributed by atoms with E-state index in [0.29, 0.717) is 31.5 Å². The van der Waals surface area contributed by atoms with Gasteiger partial charge in [0.25, 0.3) is 5.91 Å². The van der Waals surface area contributed by atoms with Crippen LogP contribution in [0, 0.1) is 0 Å². The van der Waals surface area contributed by atoms with E-state index in [0.717, 1.165) is 24.8 Å². The Labute approximate surface area is 201 Å². The number of benzene rings is 2. The van der Waals surface area contributed by atoms with Gasteiger partial charge in [0, 0.05) is 24.2 Å². The van der Waals surface area contributed by atoms with Crippen molar-refractivity contribution in [2.45, 2.75) is 55.5 Å². The number of carbonyl (C=O) groups excluding carboxylic acids is 2. The molecular weight excluding hydrogens is 450 g/mol. The Bertz CT molecular complexity index is 1180. The smallest absolute Gasteiger partial charge is 0.251 e. The maximum Gasteiger partial charge on any atom is 0.251 e. The molecule has 180 valence electrons. The van der Waals surface area contributed by atoms with Crippen LogP contribution < -0.4 is 10.6 Å². The van der Waals surface area contributed by atoms with Gasteiger partial charge in [-0.2, -0.15) is 4.31 Å². The van der Waals surface area contributed by atoms with Gasteiger partial charge in [0.1, 0.15) is 0 Å². The van der Waals surface area contributed by atoms with Crippen LogP contribution in [0.5, 0.6) is 0 Å². The number of carbonyl (C=O) groups is 2. The first kappa shape index (κ1) is 24.2. The lowest BCUT2D eigenvalue weighted by Crippen LogP contribution is -2.53. The Balaban J connectivity index is 1.41. The first-order chi connectivity index (χ1) is 16.2. The minimum absolute atomic E-state index is 0.0369. The van der Waals surface area contributed by atoms with Gasteiger partial charge in [-0.1, -0.05) is 30.8 Å². The summed E-state index contributed by atoms with van der Waals surface area (Å²) in [5, 5.41) is 6.00. The fourth-order valence-electron chi connectivity index (χ4n) is 4.77. The molecule has 7 nitrogen and oxygen atoms in total. The fraction of sp³-hybridized carbons (Fsp3) is 0.385. The fourth-order valence-corrected chi connectivity index (χ4v) is 6.21. The van der Waals surface area contributed by atoms with Gasteiger partial charge in [-0.25, -0.2) is 8.42 Å². The number of hydrogen-bond donors (Lipinski definition) is 2. The van der Waals surface area contributed by atoms with E-state index in [2.05, 4.69) is 29.3 Å². The Hall–Kier alpha value is -2.97. The normalized spacial score (nSPS) is 20.1. The second-order valence-electron chi connectivity index (χ2n) is 9.30. The van der Waals surface area contributed by atoms with Gasteiger partial charge >= 0.3 is 0 Å². The molecule has 2 aliphatic rings. The van der Waals surface area contributed by atoms with Gasteiger partial charge in [0.2, 0.25) is 15.9 Å². The maximum absolute atomic E-state index is 13.1. The predicted molar refractivity (Wildman–Crippen MR) is 131 cm³/mol. The molecule has 1 atom stereocenters. The molecule has 2 aromatic rings. The molecule has 0 spiro atoms. The second-order valence-corrected chi connectivity index (χ2v) is 11.2. The Kier molecular flexibility index (Phi) is 6.91. The van der Waals surface area contributed by atoms with Crippen LogP contribution in [0.2, 0.25) is 0 Å². The van der Waals surface area contributed by atoms with Crippen LogP contribution in [0.25, 0.3) is 0 Å². The summed E-state index contributed by atoms with van der Waals surface area (Å²) in [4.78, 5) is 24.7. The molecule has 1 fully saturated rings. The Morgan fingerprint density at radius 1 is 1.09 bits per heavy atom. The van der Waals surface area contributed by atoms with Crippen LogP contribution in [0.3, 0.4) is 0 Å². The lowest BCUT2D eigenvalue weighted by atomic mass is 9.87. The summed E-state index contributed by atoms with van der Waals surface area (Å²) < 4.78 is 27.7. The summed E-state index contributed by atoms with van der Waals surface area (Å²) in [6, 6.07) is 14.2. The van der Waals surface area contributed by atoms with E-state index in [1.165, 1.54) is 28.1 Å². The highest BCUT2D eigenvalue weighted by Crippen LogP contribution is 2.30. The molecule has 1 heterocycles. The molecule has 0 bridgehead atoms. The van der Waals surface area contributed by atoms with Crippen LogP contribution in [0.15, 0.2) is 66.1 Å². The molecule has 1 unspecified atom stereocenters. The lowest BCUT2D eigenvalue weighted by Gasteiger charge is -2.39. The van der Waals surface area contributed by atoms with E-state index < -0.39 is 15.6 Å². The third kappa shape index (κ3) is 5.08. The summed E-state index contributed by atoms with van der Waals surface area (Å²) in [6.07, 6.45) is 5.16. The summed E-state index contributed by atoms with van der Waals surface area (Å²) in [7, 11) is -3.69. The van der Waals surface area contributed by atoms with Crippen LogP contribution in [-0.2, 0) is 21.2 Å². The molecular formula is C26H31N3O4S. The minimum atomic E-state index is -3.69. The monoisotopic (exact) mass is 481 g/mol. The molecule has 8 heteroatoms. The van der Waals surface area contributed by atoms with Crippen LogP contribution in [-0.4, -0.2) is 43.2 Å². The number of rotatable bonds is 6. The maximum atomic E-state index is 13.1. The number of fused-ring (bicyclic) bond motifs is 1. The highest BCUT2D eigenvalue weighted by Gasteiger charge is 2.36. The van der Waals surface area contributed by atoms with E-state index in [9.17, 15) is 18.0 Å². The highest BCUT2D eigenvalue weighted by atomic mass is 32.2. The third-order valence-corrected chi connectivity index (χ3v) is 8.78. The minimum Gasteiger partial charge on any atom is -0.347 e. The van der Waals surface area contributed by atoms with Crippen molar-refractivity contribution in [1.29, 1.82) is 0 Å². The zero-order valence-corrected chi connectivity index (χ0v) is 20.2. The molecule has 34 heavy (non-hydrogen) atoms. The van der Waals surface area contributed by atoms with Crippen LogP contribution in [0.4, 0.5) is 0 Å². The van der Waals surface area contributed by atoms with Gasteiger partial charge in [-0.05, 0) is 80.5 Å². The predicted octanol–water partition coefficient (Wildman–Crippen LogP) is 3.34. The van der Waals surface area contributed by atoms with Crippen molar-refractivity contribution >= 4 is 21.8 Å². The summed E-state index contributed by atoms with van der Waals surface area (Å²) in [5.74, 6) is -0.471. The SMILES string of the molecule is C=CC(=O)NC1(C)CCN(S(=O)(=O)c2ccc(C(=O)NC3CCCc4ccccc43)cc2)CC1. The van der Waals surface area contributed by atoms with Crippen molar-refractivity contribution in [3.05, 3.63) is 77.9 Å². The van der Waals surface area contributed by atoms with Crippen LogP contribution >= 0.6 is 0 Å². The van der Waals surface area contributed by atoms with Gasteiger partial charge in [-0.3, -0.25) is 9.59 Å². The molecule has 1 saturated heterocycles. The van der Waals surface area contributed by atoms with Gasteiger partial charge in [0.05, 0.1) is 10.9 Å². The number of amides is 2. The van der Waals surface area contributed by atoms with Gasteiger partial charge in [0.15, 0.2) is 0 Å². The Morgan fingerprint density at radius 3 is 2.44 bits per heavy atom. The van der Waals surface area contributed by atoms with E-state index in [1.54, 1.807) is 12.1 Å². The standard InChI is InChI=1S/C26H31N3O4S/c1-3-24(30)28-26(2)15-17-29(18-16-26)34(32,33)21-13-11-20(12-14-21)25(31)27-23-10-6-8-19-7-4-5-9-22(19)23/h3-5,7,9,11-14,23H,1,6,8,10,15-18H2,2H3,(H,27,31)(H,28,30). The molecule has 1 aliphatic carbocycles. The van der Waals surface area contributed by atoms with E-state index in [4.69, 9.17) is 0 Å². The zero-order valence-electron chi connectivity index (χ0n) is 19.4. The molecule has 2 aromatic carbocycles. The first-order valence-electron chi connectivity index (χ1n) is 11.7. The van der Waals surface area contributed by atoms with E-state index >= 15 is 0 Å². The lowest BCUT2D eigenvalue weighted by molar-refractivity contribution is -0.118. The van der Waals surface area contributed by atoms with Crippen LogP contribution in [0.1, 0.15) is 60.1 Å². The van der Waals surface area contributed by atoms with Gasteiger partial charge < -0.3 is 10.6 Å². The summed E-state index contributed by atoms with van der Waals surface area (Å²) >= 11 is 0. The van der Waals surface area contributed by atoms with E-state index in [-0.39, 0.29) is 22.8 Å².